The van der Waals surface area contributed by atoms with Gasteiger partial charge in [-0.25, -0.2) is 0 Å². The first-order valence-electron chi connectivity index (χ1n) is 5.85. The van der Waals surface area contributed by atoms with E-state index in [4.69, 9.17) is 9.47 Å². The van der Waals surface area contributed by atoms with E-state index in [2.05, 4.69) is 17.2 Å². The van der Waals surface area contributed by atoms with Crippen LogP contribution in [-0.4, -0.2) is 51.0 Å². The van der Waals surface area contributed by atoms with Crippen molar-refractivity contribution in [1.82, 2.24) is 10.6 Å². The molecule has 1 aliphatic rings. The highest BCUT2D eigenvalue weighted by molar-refractivity contribution is 5.77. The molecular weight excluding hydrogens is 220 g/mol. The molecule has 0 aliphatic carbocycles. The zero-order valence-electron chi connectivity index (χ0n) is 10.7. The Balaban J connectivity index is 1.96. The van der Waals surface area contributed by atoms with Crippen LogP contribution in [0, 0.1) is 0 Å². The third kappa shape index (κ3) is 5.81. The van der Waals surface area contributed by atoms with Crippen LogP contribution < -0.4 is 10.6 Å². The van der Waals surface area contributed by atoms with Crippen LogP contribution in [0.3, 0.4) is 0 Å². The molecule has 0 unspecified atom stereocenters. The largest absolute Gasteiger partial charge is 0.375 e. The van der Waals surface area contributed by atoms with Gasteiger partial charge in [-0.3, -0.25) is 4.79 Å². The summed E-state index contributed by atoms with van der Waals surface area (Å²) in [5.74, 6) is -0.1000. The molecule has 0 saturated carbocycles. The molecule has 98 valence electrons. The summed E-state index contributed by atoms with van der Waals surface area (Å²) < 4.78 is 10.8. The molecule has 0 aromatic heterocycles. The zero-order chi connectivity index (χ0) is 12.7. The first-order chi connectivity index (χ1) is 8.02. The van der Waals surface area contributed by atoms with E-state index < -0.39 is 0 Å². The van der Waals surface area contributed by atoms with Gasteiger partial charge in [0.25, 0.3) is 0 Å². The average molecular weight is 242 g/mol. The van der Waals surface area contributed by atoms with Gasteiger partial charge in [-0.1, -0.05) is 12.2 Å². The minimum atomic E-state index is -0.173. The van der Waals surface area contributed by atoms with E-state index in [9.17, 15) is 4.79 Å². The van der Waals surface area contributed by atoms with Gasteiger partial charge in [0.15, 0.2) is 0 Å². The molecule has 1 saturated heterocycles. The molecule has 17 heavy (non-hydrogen) atoms. The van der Waals surface area contributed by atoms with Gasteiger partial charge in [0.2, 0.25) is 5.91 Å². The maximum atomic E-state index is 11.4. The van der Waals surface area contributed by atoms with Crippen molar-refractivity contribution >= 4 is 5.91 Å². The van der Waals surface area contributed by atoms with Gasteiger partial charge >= 0.3 is 0 Å². The van der Waals surface area contributed by atoms with Crippen molar-refractivity contribution in [2.75, 3.05) is 39.5 Å². The molecule has 1 fully saturated rings. The predicted octanol–water partition coefficient (Wildman–Crippen LogP) is 0.0738. The summed E-state index contributed by atoms with van der Waals surface area (Å²) in [6.07, 6.45) is 0. The van der Waals surface area contributed by atoms with Crippen molar-refractivity contribution in [1.29, 1.82) is 0 Å². The molecule has 0 atom stereocenters. The Morgan fingerprint density at radius 3 is 2.71 bits per heavy atom. The predicted molar refractivity (Wildman–Crippen MR) is 65.9 cm³/mol. The number of hydrogen-bond acceptors (Lipinski definition) is 4. The lowest BCUT2D eigenvalue weighted by atomic mass is 10.0. The van der Waals surface area contributed by atoms with Gasteiger partial charge < -0.3 is 20.1 Å². The average Bonchev–Trinajstić information content (AvgIpc) is 2.23. The topological polar surface area (TPSA) is 59.6 Å². The van der Waals surface area contributed by atoms with Crippen LogP contribution in [0.4, 0.5) is 0 Å². The number of rotatable bonds is 8. The standard InChI is InChI=1S/C12H22N2O3/c1-10(2)6-16-5-4-14-11(15)7-17-12(3)8-13-9-12/h13H,1,4-9H2,2-3H3,(H,14,15). The Bertz CT molecular complexity index is 275. The van der Waals surface area contributed by atoms with Crippen molar-refractivity contribution < 1.29 is 14.3 Å². The second kappa shape index (κ2) is 6.74. The summed E-state index contributed by atoms with van der Waals surface area (Å²) in [5, 5.41) is 5.85. The maximum Gasteiger partial charge on any atom is 0.246 e. The van der Waals surface area contributed by atoms with Crippen LogP contribution in [0.1, 0.15) is 13.8 Å². The quantitative estimate of drug-likeness (QED) is 0.467. The summed E-state index contributed by atoms with van der Waals surface area (Å²) in [4.78, 5) is 11.4. The molecule has 1 aliphatic heterocycles. The fraction of sp³-hybridized carbons (Fsp3) is 0.750. The molecule has 5 nitrogen and oxygen atoms in total. The normalized spacial score (nSPS) is 17.3. The van der Waals surface area contributed by atoms with Crippen LogP contribution in [0.2, 0.25) is 0 Å². The lowest BCUT2D eigenvalue weighted by Gasteiger charge is -2.38. The highest BCUT2D eigenvalue weighted by Gasteiger charge is 2.32. The van der Waals surface area contributed by atoms with E-state index >= 15 is 0 Å². The summed E-state index contributed by atoms with van der Waals surface area (Å²) >= 11 is 0. The van der Waals surface area contributed by atoms with Gasteiger partial charge in [0.05, 0.1) is 18.8 Å². The van der Waals surface area contributed by atoms with Gasteiger partial charge in [-0.15, -0.1) is 0 Å². The third-order valence-corrected chi connectivity index (χ3v) is 2.47. The molecule has 1 heterocycles. The highest BCUT2D eigenvalue weighted by atomic mass is 16.5. The second-order valence-electron chi connectivity index (χ2n) is 4.70. The molecule has 1 amide bonds. The van der Waals surface area contributed by atoms with Crippen molar-refractivity contribution in [3.05, 3.63) is 12.2 Å². The van der Waals surface area contributed by atoms with E-state index in [0.29, 0.717) is 19.8 Å². The summed E-state index contributed by atoms with van der Waals surface area (Å²) in [6.45, 7) is 10.9. The van der Waals surface area contributed by atoms with Crippen molar-refractivity contribution in [2.24, 2.45) is 0 Å². The van der Waals surface area contributed by atoms with Gasteiger partial charge in [-0.2, -0.15) is 0 Å². The molecule has 0 aromatic rings. The highest BCUT2D eigenvalue weighted by Crippen LogP contribution is 2.14. The number of carbonyl (C=O) groups is 1. The molecular formula is C12H22N2O3. The first-order valence-corrected chi connectivity index (χ1v) is 5.85. The number of ether oxygens (including phenoxy) is 2. The Morgan fingerprint density at radius 1 is 1.47 bits per heavy atom. The molecule has 0 spiro atoms. The van der Waals surface area contributed by atoms with Crippen LogP contribution in [0.15, 0.2) is 12.2 Å². The molecule has 0 radical (unpaired) electrons. The SMILES string of the molecule is C=C(C)COCCNC(=O)COC1(C)CNC1. The molecule has 0 aromatic carbocycles. The maximum absolute atomic E-state index is 11.4. The second-order valence-corrected chi connectivity index (χ2v) is 4.70. The lowest BCUT2D eigenvalue weighted by Crippen LogP contribution is -2.59. The van der Waals surface area contributed by atoms with Gasteiger partial charge in [0, 0.05) is 19.6 Å². The van der Waals surface area contributed by atoms with Crippen LogP contribution in [-0.2, 0) is 14.3 Å². The Kier molecular flexibility index (Phi) is 5.61. The van der Waals surface area contributed by atoms with E-state index in [1.54, 1.807) is 0 Å². The summed E-state index contributed by atoms with van der Waals surface area (Å²) in [6, 6.07) is 0. The van der Waals surface area contributed by atoms with Crippen LogP contribution in [0.5, 0.6) is 0 Å². The summed E-state index contributed by atoms with van der Waals surface area (Å²) in [5.41, 5.74) is 0.804. The van der Waals surface area contributed by atoms with E-state index in [-0.39, 0.29) is 18.1 Å². The molecule has 5 heteroatoms. The minimum absolute atomic E-state index is 0.1000. The van der Waals surface area contributed by atoms with Crippen LogP contribution in [0.25, 0.3) is 0 Å². The fourth-order valence-corrected chi connectivity index (χ4v) is 1.38. The van der Waals surface area contributed by atoms with E-state index in [0.717, 1.165) is 18.7 Å². The molecule has 1 rings (SSSR count). The fourth-order valence-electron chi connectivity index (χ4n) is 1.38. The third-order valence-electron chi connectivity index (χ3n) is 2.47. The number of nitrogens with one attached hydrogen (secondary N) is 2. The van der Waals surface area contributed by atoms with Gasteiger partial charge in [-0.05, 0) is 13.8 Å². The van der Waals surface area contributed by atoms with Crippen molar-refractivity contribution in [2.45, 2.75) is 19.4 Å². The number of carbonyl (C=O) groups excluding carboxylic acids is 1. The van der Waals surface area contributed by atoms with E-state index in [1.165, 1.54) is 0 Å². The molecule has 0 bridgehead atoms. The smallest absolute Gasteiger partial charge is 0.246 e. The Hall–Kier alpha value is -0.910. The van der Waals surface area contributed by atoms with Crippen molar-refractivity contribution in [3.63, 3.8) is 0 Å². The van der Waals surface area contributed by atoms with Crippen molar-refractivity contribution in [3.8, 4) is 0 Å². The number of amides is 1. The summed E-state index contributed by atoms with van der Waals surface area (Å²) in [7, 11) is 0. The number of hydrogen-bond donors (Lipinski definition) is 2. The van der Waals surface area contributed by atoms with Crippen LogP contribution >= 0.6 is 0 Å². The van der Waals surface area contributed by atoms with E-state index in [1.807, 2.05) is 13.8 Å². The molecule has 2 N–H and O–H groups in total. The Labute approximate surface area is 103 Å². The lowest BCUT2D eigenvalue weighted by molar-refractivity contribution is -0.136. The Morgan fingerprint density at radius 2 is 2.18 bits per heavy atom. The minimum Gasteiger partial charge on any atom is -0.375 e. The zero-order valence-corrected chi connectivity index (χ0v) is 10.7. The monoisotopic (exact) mass is 242 g/mol. The first kappa shape index (κ1) is 14.2. The van der Waals surface area contributed by atoms with Gasteiger partial charge in [0.1, 0.15) is 6.61 Å².